The molecule has 1 aliphatic heterocycles. The average molecular weight is 446 g/mol. The highest BCUT2D eigenvalue weighted by molar-refractivity contribution is 7.98. The molecular formula is C20H27N7O3S. The van der Waals surface area contributed by atoms with Gasteiger partial charge in [-0.25, -0.2) is 14.6 Å². The molecule has 0 saturated carbocycles. The van der Waals surface area contributed by atoms with Crippen LogP contribution in [0.2, 0.25) is 0 Å². The Kier molecular flexibility index (Phi) is 6.71. The normalized spacial score (nSPS) is 14.4. The molecule has 0 bridgehead atoms. The molecule has 4 heterocycles. The maximum Gasteiger partial charge on any atom is 0.220 e. The van der Waals surface area contributed by atoms with Gasteiger partial charge in [-0.2, -0.15) is 5.10 Å². The monoisotopic (exact) mass is 445 g/mol. The molecule has 4 rings (SSSR count). The second-order valence-electron chi connectivity index (χ2n) is 7.39. The molecule has 1 saturated heterocycles. The van der Waals surface area contributed by atoms with Crippen molar-refractivity contribution in [3.63, 3.8) is 0 Å². The highest BCUT2D eigenvalue weighted by atomic mass is 32.2. The van der Waals surface area contributed by atoms with Gasteiger partial charge in [0.1, 0.15) is 11.6 Å². The first-order valence-corrected chi connectivity index (χ1v) is 11.6. The molecule has 31 heavy (non-hydrogen) atoms. The predicted molar refractivity (Wildman–Crippen MR) is 117 cm³/mol. The molecule has 0 unspecified atom stereocenters. The number of aryl methyl sites for hydroxylation is 2. The summed E-state index contributed by atoms with van der Waals surface area (Å²) in [4.78, 5) is 23.9. The Morgan fingerprint density at radius 1 is 1.26 bits per heavy atom. The van der Waals surface area contributed by atoms with Gasteiger partial charge in [0.2, 0.25) is 5.91 Å². The second kappa shape index (κ2) is 9.65. The molecular weight excluding hydrogens is 418 g/mol. The maximum atomic E-state index is 12.3. The number of thioether (sulfide) groups is 1. The molecule has 11 heteroatoms. The van der Waals surface area contributed by atoms with Gasteiger partial charge in [0.15, 0.2) is 10.8 Å². The summed E-state index contributed by atoms with van der Waals surface area (Å²) in [5.41, 5.74) is 2.63. The molecule has 1 fully saturated rings. The lowest BCUT2D eigenvalue weighted by Gasteiger charge is -2.28. The Balaban J connectivity index is 1.40. The van der Waals surface area contributed by atoms with Crippen LogP contribution in [0.3, 0.4) is 0 Å². The van der Waals surface area contributed by atoms with Crippen LogP contribution in [0.4, 0.5) is 5.82 Å². The van der Waals surface area contributed by atoms with E-state index in [4.69, 9.17) is 14.2 Å². The van der Waals surface area contributed by atoms with Gasteiger partial charge in [-0.1, -0.05) is 16.9 Å². The molecule has 0 aliphatic carbocycles. The first-order valence-electron chi connectivity index (χ1n) is 10.4. The van der Waals surface area contributed by atoms with Crippen LogP contribution < -0.4 is 10.2 Å². The van der Waals surface area contributed by atoms with Gasteiger partial charge in [-0.15, -0.1) is 0 Å². The predicted octanol–water partition coefficient (Wildman–Crippen LogP) is 1.74. The number of ether oxygens (including phenoxy) is 1. The van der Waals surface area contributed by atoms with Gasteiger partial charge < -0.3 is 19.5 Å². The van der Waals surface area contributed by atoms with Crippen molar-refractivity contribution in [2.75, 3.05) is 44.0 Å². The van der Waals surface area contributed by atoms with Crippen LogP contribution in [0.25, 0.3) is 11.0 Å². The lowest BCUT2D eigenvalue weighted by atomic mass is 10.1. The van der Waals surface area contributed by atoms with Crippen LogP contribution in [0.1, 0.15) is 23.4 Å². The Hall–Kier alpha value is -2.66. The van der Waals surface area contributed by atoms with Crippen molar-refractivity contribution in [1.29, 1.82) is 0 Å². The molecule has 1 N–H and O–H groups in total. The van der Waals surface area contributed by atoms with E-state index in [1.807, 2.05) is 31.0 Å². The summed E-state index contributed by atoms with van der Waals surface area (Å²) in [6, 6.07) is 0. The Labute approximate surface area is 184 Å². The average Bonchev–Trinajstić information content (AvgIpc) is 3.34. The van der Waals surface area contributed by atoms with Crippen LogP contribution in [-0.4, -0.2) is 69.9 Å². The topological polar surface area (TPSA) is 111 Å². The third-order valence-corrected chi connectivity index (χ3v) is 5.93. The van der Waals surface area contributed by atoms with Gasteiger partial charge in [0.25, 0.3) is 0 Å². The zero-order chi connectivity index (χ0) is 21.8. The van der Waals surface area contributed by atoms with Crippen LogP contribution >= 0.6 is 11.8 Å². The smallest absolute Gasteiger partial charge is 0.220 e. The molecule has 3 aromatic heterocycles. The molecule has 1 aliphatic rings. The SMILES string of the molecule is CSc1nc(N2CCOCC2)c2cnn(CCNC(=O)CCc3c(C)noc3C)c2n1. The van der Waals surface area contributed by atoms with E-state index >= 15 is 0 Å². The Morgan fingerprint density at radius 2 is 2.06 bits per heavy atom. The summed E-state index contributed by atoms with van der Waals surface area (Å²) in [6.45, 7) is 7.74. The fourth-order valence-corrected chi connectivity index (χ4v) is 4.03. The van der Waals surface area contributed by atoms with Crippen molar-refractivity contribution in [3.05, 3.63) is 23.2 Å². The highest BCUT2D eigenvalue weighted by Crippen LogP contribution is 2.27. The number of nitrogens with one attached hydrogen (secondary N) is 1. The lowest BCUT2D eigenvalue weighted by molar-refractivity contribution is -0.121. The first kappa shape index (κ1) is 21.6. The summed E-state index contributed by atoms with van der Waals surface area (Å²) in [5, 5.41) is 13.0. The largest absolute Gasteiger partial charge is 0.378 e. The number of carbonyl (C=O) groups is 1. The molecule has 3 aromatic rings. The lowest BCUT2D eigenvalue weighted by Crippen LogP contribution is -2.37. The van der Waals surface area contributed by atoms with E-state index in [9.17, 15) is 4.79 Å². The number of aromatic nitrogens is 5. The van der Waals surface area contributed by atoms with E-state index in [-0.39, 0.29) is 5.91 Å². The number of morpholine rings is 1. The van der Waals surface area contributed by atoms with E-state index in [1.54, 1.807) is 0 Å². The minimum absolute atomic E-state index is 0.00936. The van der Waals surface area contributed by atoms with Gasteiger partial charge in [-0.3, -0.25) is 4.79 Å². The minimum atomic E-state index is -0.00936. The quantitative estimate of drug-likeness (QED) is 0.409. The van der Waals surface area contributed by atoms with E-state index in [1.165, 1.54) is 11.8 Å². The standard InChI is InChI=1S/C20H27N7O3S/c1-13-15(14(2)30-25-13)4-5-17(28)21-6-7-27-19-16(12-22-27)18(23-20(24-19)31-3)26-8-10-29-11-9-26/h12H,4-11H2,1-3H3,(H,21,28). The third-order valence-electron chi connectivity index (χ3n) is 5.38. The van der Waals surface area contributed by atoms with Crippen molar-refractivity contribution in [1.82, 2.24) is 30.2 Å². The number of carbonyl (C=O) groups excluding carboxylic acids is 1. The zero-order valence-corrected chi connectivity index (χ0v) is 18.9. The molecule has 1 amide bonds. The number of nitrogens with zero attached hydrogens (tertiary/aromatic N) is 6. The fourth-order valence-electron chi connectivity index (χ4n) is 3.68. The van der Waals surface area contributed by atoms with E-state index < -0.39 is 0 Å². The van der Waals surface area contributed by atoms with Crippen molar-refractivity contribution in [2.45, 2.75) is 38.4 Å². The molecule has 166 valence electrons. The van der Waals surface area contributed by atoms with Gasteiger partial charge in [0.05, 0.1) is 37.0 Å². The molecule has 0 spiro atoms. The van der Waals surface area contributed by atoms with Crippen LogP contribution in [0.15, 0.2) is 15.9 Å². The van der Waals surface area contributed by atoms with Gasteiger partial charge in [0, 0.05) is 31.6 Å². The number of fused-ring (bicyclic) bond motifs is 1. The summed E-state index contributed by atoms with van der Waals surface area (Å²) in [5.74, 6) is 1.66. The summed E-state index contributed by atoms with van der Waals surface area (Å²) in [6.07, 6.45) is 4.78. The number of amides is 1. The van der Waals surface area contributed by atoms with E-state index in [0.717, 1.165) is 47.0 Å². The molecule has 0 atom stereocenters. The van der Waals surface area contributed by atoms with Crippen LogP contribution in [0.5, 0.6) is 0 Å². The van der Waals surface area contributed by atoms with Crippen LogP contribution in [-0.2, 0) is 22.5 Å². The van der Waals surface area contributed by atoms with E-state index in [2.05, 4.69) is 25.5 Å². The highest BCUT2D eigenvalue weighted by Gasteiger charge is 2.20. The maximum absolute atomic E-state index is 12.3. The van der Waals surface area contributed by atoms with Crippen molar-refractivity contribution < 1.29 is 14.1 Å². The summed E-state index contributed by atoms with van der Waals surface area (Å²) >= 11 is 1.51. The van der Waals surface area contributed by atoms with E-state index in [0.29, 0.717) is 44.3 Å². The van der Waals surface area contributed by atoms with Crippen molar-refractivity contribution in [3.8, 4) is 0 Å². The first-order chi connectivity index (χ1) is 15.1. The molecule has 10 nitrogen and oxygen atoms in total. The van der Waals surface area contributed by atoms with Crippen molar-refractivity contribution in [2.24, 2.45) is 0 Å². The zero-order valence-electron chi connectivity index (χ0n) is 18.1. The Bertz CT molecular complexity index is 1040. The number of anilines is 1. The number of hydrogen-bond donors (Lipinski definition) is 1. The summed E-state index contributed by atoms with van der Waals surface area (Å²) < 4.78 is 12.4. The van der Waals surface area contributed by atoms with Gasteiger partial charge in [-0.05, 0) is 26.5 Å². The Morgan fingerprint density at radius 3 is 2.77 bits per heavy atom. The third kappa shape index (κ3) is 4.82. The fraction of sp³-hybridized carbons (Fsp3) is 0.550. The van der Waals surface area contributed by atoms with Crippen LogP contribution in [0, 0.1) is 13.8 Å². The second-order valence-corrected chi connectivity index (χ2v) is 8.16. The van der Waals surface area contributed by atoms with Crippen molar-refractivity contribution >= 4 is 34.5 Å². The number of rotatable bonds is 8. The molecule has 0 aromatic carbocycles. The van der Waals surface area contributed by atoms with Gasteiger partial charge >= 0.3 is 0 Å². The molecule has 0 radical (unpaired) electrons. The minimum Gasteiger partial charge on any atom is -0.378 e. The number of hydrogen-bond acceptors (Lipinski definition) is 9. The summed E-state index contributed by atoms with van der Waals surface area (Å²) in [7, 11) is 0.